The van der Waals surface area contributed by atoms with Crippen LogP contribution >= 0.6 is 11.6 Å². The van der Waals surface area contributed by atoms with Crippen LogP contribution in [0.5, 0.6) is 11.5 Å². The Kier molecular flexibility index (Phi) is 6.86. The van der Waals surface area contributed by atoms with Crippen LogP contribution in [0.25, 0.3) is 0 Å². The van der Waals surface area contributed by atoms with Gasteiger partial charge in [0.15, 0.2) is 0 Å². The summed E-state index contributed by atoms with van der Waals surface area (Å²) in [5, 5.41) is 2.66. The zero-order valence-electron chi connectivity index (χ0n) is 20.3. The van der Waals surface area contributed by atoms with Gasteiger partial charge in [-0.1, -0.05) is 56.6 Å². The van der Waals surface area contributed by atoms with Crippen molar-refractivity contribution < 1.29 is 23.9 Å². The van der Waals surface area contributed by atoms with Crippen molar-refractivity contribution in [2.75, 3.05) is 17.3 Å². The fraction of sp³-hybridized carbons (Fsp3) is 0.179. The first-order valence-electron chi connectivity index (χ1n) is 11.2. The number of para-hydroxylation sites is 1. The van der Waals surface area contributed by atoms with Gasteiger partial charge in [0.05, 0.1) is 18.4 Å². The standard InChI is InChI=1S/C28H25ClN2O5/c1-28(2,3)21-10-5-6-11-22(21)36-27(34)17-12-14-18(15-13-17)30-24-23(29)25(32)31(26(24)33)19-8-7-9-20(16-19)35-4/h5-16,30H,1-4H3. The predicted molar refractivity (Wildman–Crippen MR) is 139 cm³/mol. The number of benzene rings is 3. The fourth-order valence-corrected chi connectivity index (χ4v) is 3.98. The highest BCUT2D eigenvalue weighted by molar-refractivity contribution is 6.53. The molecule has 0 atom stereocenters. The van der Waals surface area contributed by atoms with Gasteiger partial charge >= 0.3 is 5.97 Å². The molecule has 3 aromatic carbocycles. The van der Waals surface area contributed by atoms with Gasteiger partial charge in [-0.15, -0.1) is 0 Å². The number of halogens is 1. The third-order valence-corrected chi connectivity index (χ3v) is 5.98. The van der Waals surface area contributed by atoms with Crippen molar-refractivity contribution in [2.24, 2.45) is 0 Å². The number of imide groups is 1. The Labute approximate surface area is 214 Å². The number of hydrogen-bond donors (Lipinski definition) is 1. The quantitative estimate of drug-likeness (QED) is 0.265. The van der Waals surface area contributed by atoms with E-state index in [2.05, 4.69) is 5.32 Å². The average molecular weight is 505 g/mol. The minimum Gasteiger partial charge on any atom is -0.497 e. The smallest absolute Gasteiger partial charge is 0.343 e. The number of ether oxygens (including phenoxy) is 2. The maximum absolute atomic E-state index is 13.0. The van der Waals surface area contributed by atoms with Crippen LogP contribution in [-0.4, -0.2) is 24.9 Å². The minimum atomic E-state index is -0.643. The van der Waals surface area contributed by atoms with E-state index in [1.54, 1.807) is 54.6 Å². The molecule has 184 valence electrons. The number of hydrogen-bond acceptors (Lipinski definition) is 6. The van der Waals surface area contributed by atoms with E-state index in [0.717, 1.165) is 10.5 Å². The second kappa shape index (κ2) is 9.87. The number of amides is 2. The van der Waals surface area contributed by atoms with E-state index < -0.39 is 17.8 Å². The summed E-state index contributed by atoms with van der Waals surface area (Å²) in [4.78, 5) is 39.4. The lowest BCUT2D eigenvalue weighted by atomic mass is 9.86. The molecule has 1 aliphatic heterocycles. The minimum absolute atomic E-state index is 0.0566. The molecule has 7 nitrogen and oxygen atoms in total. The van der Waals surface area contributed by atoms with Crippen molar-refractivity contribution in [3.8, 4) is 11.5 Å². The van der Waals surface area contributed by atoms with Gasteiger partial charge in [-0.25, -0.2) is 9.69 Å². The van der Waals surface area contributed by atoms with Gasteiger partial charge in [0.2, 0.25) is 0 Å². The van der Waals surface area contributed by atoms with Crippen LogP contribution in [0.2, 0.25) is 0 Å². The van der Waals surface area contributed by atoms with Crippen molar-refractivity contribution in [3.63, 3.8) is 0 Å². The molecule has 0 aromatic heterocycles. The molecule has 36 heavy (non-hydrogen) atoms. The van der Waals surface area contributed by atoms with E-state index >= 15 is 0 Å². The van der Waals surface area contributed by atoms with Crippen LogP contribution in [0.15, 0.2) is 83.5 Å². The normalized spacial score (nSPS) is 13.8. The van der Waals surface area contributed by atoms with Gasteiger partial charge in [0.25, 0.3) is 11.8 Å². The number of esters is 1. The first-order valence-corrected chi connectivity index (χ1v) is 11.6. The summed E-state index contributed by atoms with van der Waals surface area (Å²) in [6.07, 6.45) is 0. The summed E-state index contributed by atoms with van der Waals surface area (Å²) in [6.45, 7) is 6.14. The van der Waals surface area contributed by atoms with E-state index in [9.17, 15) is 14.4 Å². The first-order chi connectivity index (χ1) is 17.1. The van der Waals surface area contributed by atoms with Crippen LogP contribution in [0.4, 0.5) is 11.4 Å². The summed E-state index contributed by atoms with van der Waals surface area (Å²) >= 11 is 6.22. The zero-order chi connectivity index (χ0) is 26.0. The third-order valence-electron chi connectivity index (χ3n) is 5.63. The van der Waals surface area contributed by atoms with Crippen LogP contribution in [0.1, 0.15) is 36.7 Å². The molecule has 1 N–H and O–H groups in total. The summed E-state index contributed by atoms with van der Waals surface area (Å²) in [6, 6.07) is 20.3. The molecule has 1 heterocycles. The average Bonchev–Trinajstić information content (AvgIpc) is 3.07. The number of nitrogens with zero attached hydrogens (tertiary/aromatic N) is 1. The highest BCUT2D eigenvalue weighted by Gasteiger charge is 2.39. The highest BCUT2D eigenvalue weighted by Crippen LogP contribution is 2.33. The lowest BCUT2D eigenvalue weighted by molar-refractivity contribution is -0.120. The van der Waals surface area contributed by atoms with E-state index in [1.165, 1.54) is 7.11 Å². The number of methoxy groups -OCH3 is 1. The molecule has 0 saturated heterocycles. The van der Waals surface area contributed by atoms with Crippen molar-refractivity contribution >= 4 is 40.8 Å². The van der Waals surface area contributed by atoms with Crippen LogP contribution in [-0.2, 0) is 15.0 Å². The molecule has 0 fully saturated rings. The second-order valence-corrected chi connectivity index (χ2v) is 9.55. The molecule has 0 unspecified atom stereocenters. The Morgan fingerprint density at radius 2 is 1.61 bits per heavy atom. The molecule has 0 bridgehead atoms. The molecule has 3 aromatic rings. The Balaban J connectivity index is 1.49. The maximum Gasteiger partial charge on any atom is 0.343 e. The van der Waals surface area contributed by atoms with Crippen molar-refractivity contribution in [2.45, 2.75) is 26.2 Å². The molecule has 8 heteroatoms. The maximum atomic E-state index is 13.0. The highest BCUT2D eigenvalue weighted by atomic mass is 35.5. The number of nitrogens with one attached hydrogen (secondary N) is 1. The van der Waals surface area contributed by atoms with E-state index in [-0.39, 0.29) is 16.1 Å². The molecule has 0 spiro atoms. The van der Waals surface area contributed by atoms with Crippen molar-refractivity contribution in [1.29, 1.82) is 0 Å². The summed E-state index contributed by atoms with van der Waals surface area (Å²) in [7, 11) is 1.49. The Morgan fingerprint density at radius 1 is 0.917 bits per heavy atom. The molecule has 0 radical (unpaired) electrons. The van der Waals surface area contributed by atoms with Crippen molar-refractivity contribution in [1.82, 2.24) is 0 Å². The fourth-order valence-electron chi connectivity index (χ4n) is 3.76. The van der Waals surface area contributed by atoms with Gasteiger partial charge < -0.3 is 14.8 Å². The van der Waals surface area contributed by atoms with Gasteiger partial charge in [-0.2, -0.15) is 0 Å². The van der Waals surface area contributed by atoms with E-state index in [0.29, 0.717) is 28.4 Å². The van der Waals surface area contributed by atoms with Crippen LogP contribution in [0, 0.1) is 0 Å². The number of carbonyl (C=O) groups excluding carboxylic acids is 3. The Morgan fingerprint density at radius 3 is 2.28 bits per heavy atom. The van der Waals surface area contributed by atoms with Gasteiger partial charge in [0, 0.05) is 17.3 Å². The molecule has 4 rings (SSSR count). The predicted octanol–water partition coefficient (Wildman–Crippen LogP) is 5.65. The van der Waals surface area contributed by atoms with E-state index in [1.807, 2.05) is 39.0 Å². The zero-order valence-corrected chi connectivity index (χ0v) is 21.1. The van der Waals surface area contributed by atoms with Gasteiger partial charge in [0.1, 0.15) is 22.2 Å². The Hall–Kier alpha value is -4.10. The number of carbonyl (C=O) groups is 3. The van der Waals surface area contributed by atoms with Gasteiger partial charge in [-0.3, -0.25) is 9.59 Å². The topological polar surface area (TPSA) is 84.9 Å². The van der Waals surface area contributed by atoms with Gasteiger partial charge in [-0.05, 0) is 47.9 Å². The van der Waals surface area contributed by atoms with Crippen LogP contribution in [0.3, 0.4) is 0 Å². The van der Waals surface area contributed by atoms with E-state index in [4.69, 9.17) is 21.1 Å². The molecular weight excluding hydrogens is 480 g/mol. The van der Waals surface area contributed by atoms with Crippen molar-refractivity contribution in [3.05, 3.63) is 94.7 Å². The molecule has 0 saturated carbocycles. The monoisotopic (exact) mass is 504 g/mol. The summed E-state index contributed by atoms with van der Waals surface area (Å²) in [5.41, 5.74) is 1.82. The second-order valence-electron chi connectivity index (χ2n) is 9.17. The molecule has 0 aliphatic carbocycles. The Bertz CT molecular complexity index is 1370. The molecular formula is C28H25ClN2O5. The molecule has 2 amide bonds. The van der Waals surface area contributed by atoms with Crippen LogP contribution < -0.4 is 19.7 Å². The molecule has 1 aliphatic rings. The lowest BCUT2D eigenvalue weighted by Gasteiger charge is -2.22. The third kappa shape index (κ3) is 4.97. The SMILES string of the molecule is COc1cccc(N2C(=O)C(Cl)=C(Nc3ccc(C(=O)Oc4ccccc4C(C)(C)C)cc3)C2=O)c1. The largest absolute Gasteiger partial charge is 0.497 e. The lowest BCUT2D eigenvalue weighted by Crippen LogP contribution is -2.32. The number of rotatable bonds is 6. The number of anilines is 2. The summed E-state index contributed by atoms with van der Waals surface area (Å²) < 4.78 is 10.8. The first kappa shape index (κ1) is 25.0. The summed E-state index contributed by atoms with van der Waals surface area (Å²) in [5.74, 6) is -0.748.